The summed E-state index contributed by atoms with van der Waals surface area (Å²) >= 11 is 0. The number of methoxy groups -OCH3 is 1. The van der Waals surface area contributed by atoms with Crippen LogP contribution in [-0.4, -0.2) is 37.7 Å². The Morgan fingerprint density at radius 3 is 2.52 bits per heavy atom. The standard InChI is InChI=1S/C20H18F3N3O5/c1-30-19(29)12-31-16-7-2-4-13(8-16)11-24-26-18(28)10-17(27)25-15-6-3-5-14(9-15)20(21,22)23/h2-9,11H,10,12H2,1H3,(H,25,27)(H,26,28). The largest absolute Gasteiger partial charge is 0.482 e. The van der Waals surface area contributed by atoms with Gasteiger partial charge in [0.1, 0.15) is 12.2 Å². The molecular weight excluding hydrogens is 419 g/mol. The van der Waals surface area contributed by atoms with Crippen LogP contribution in [0.4, 0.5) is 18.9 Å². The van der Waals surface area contributed by atoms with Gasteiger partial charge in [-0.15, -0.1) is 0 Å². The van der Waals surface area contributed by atoms with Gasteiger partial charge in [0, 0.05) is 5.69 Å². The number of rotatable bonds is 8. The van der Waals surface area contributed by atoms with E-state index in [-0.39, 0.29) is 12.3 Å². The summed E-state index contributed by atoms with van der Waals surface area (Å²) < 4.78 is 47.8. The zero-order valence-electron chi connectivity index (χ0n) is 16.2. The van der Waals surface area contributed by atoms with Gasteiger partial charge in [-0.1, -0.05) is 18.2 Å². The van der Waals surface area contributed by atoms with Crippen LogP contribution in [0, 0.1) is 0 Å². The maximum atomic E-state index is 12.7. The van der Waals surface area contributed by atoms with Crippen molar-refractivity contribution in [1.82, 2.24) is 5.43 Å². The van der Waals surface area contributed by atoms with Crippen LogP contribution in [0.2, 0.25) is 0 Å². The topological polar surface area (TPSA) is 106 Å². The van der Waals surface area contributed by atoms with Crippen molar-refractivity contribution in [3.63, 3.8) is 0 Å². The van der Waals surface area contributed by atoms with Crippen LogP contribution < -0.4 is 15.5 Å². The number of nitrogens with one attached hydrogen (secondary N) is 2. The van der Waals surface area contributed by atoms with Crippen molar-refractivity contribution >= 4 is 29.7 Å². The summed E-state index contributed by atoms with van der Waals surface area (Å²) in [7, 11) is 1.23. The van der Waals surface area contributed by atoms with Gasteiger partial charge in [0.15, 0.2) is 6.61 Å². The van der Waals surface area contributed by atoms with E-state index in [0.717, 1.165) is 18.2 Å². The number of hydrazone groups is 1. The molecule has 164 valence electrons. The highest BCUT2D eigenvalue weighted by atomic mass is 19.4. The monoisotopic (exact) mass is 437 g/mol. The molecule has 0 unspecified atom stereocenters. The molecule has 2 amide bonds. The van der Waals surface area contributed by atoms with Gasteiger partial charge in [-0.2, -0.15) is 18.3 Å². The van der Waals surface area contributed by atoms with E-state index in [9.17, 15) is 27.6 Å². The van der Waals surface area contributed by atoms with Gasteiger partial charge in [-0.25, -0.2) is 10.2 Å². The lowest BCUT2D eigenvalue weighted by Crippen LogP contribution is -2.24. The second kappa shape index (κ2) is 10.8. The number of nitrogens with zero attached hydrogens (tertiary/aromatic N) is 1. The second-order valence-corrected chi connectivity index (χ2v) is 6.03. The Balaban J connectivity index is 1.84. The molecule has 2 rings (SSSR count). The van der Waals surface area contributed by atoms with Crippen LogP contribution in [0.1, 0.15) is 17.5 Å². The predicted octanol–water partition coefficient (Wildman–Crippen LogP) is 2.74. The fourth-order valence-corrected chi connectivity index (χ4v) is 2.23. The minimum absolute atomic E-state index is 0.0834. The lowest BCUT2D eigenvalue weighted by atomic mass is 10.2. The molecule has 31 heavy (non-hydrogen) atoms. The van der Waals surface area contributed by atoms with Gasteiger partial charge >= 0.3 is 12.1 Å². The molecule has 0 heterocycles. The molecule has 0 bridgehead atoms. The molecule has 8 nitrogen and oxygen atoms in total. The molecule has 0 atom stereocenters. The quantitative estimate of drug-likeness (QED) is 0.286. The van der Waals surface area contributed by atoms with Gasteiger partial charge in [-0.05, 0) is 35.9 Å². The van der Waals surface area contributed by atoms with Crippen molar-refractivity contribution in [2.45, 2.75) is 12.6 Å². The second-order valence-electron chi connectivity index (χ2n) is 6.03. The van der Waals surface area contributed by atoms with E-state index < -0.39 is 35.9 Å². The summed E-state index contributed by atoms with van der Waals surface area (Å²) in [5, 5.41) is 5.92. The molecule has 11 heteroatoms. The number of alkyl halides is 3. The molecule has 0 aliphatic heterocycles. The van der Waals surface area contributed by atoms with Gasteiger partial charge < -0.3 is 14.8 Å². The zero-order valence-corrected chi connectivity index (χ0v) is 16.2. The zero-order chi connectivity index (χ0) is 22.9. The van der Waals surface area contributed by atoms with Crippen molar-refractivity contribution in [3.8, 4) is 5.75 Å². The predicted molar refractivity (Wildman–Crippen MR) is 104 cm³/mol. The number of benzene rings is 2. The number of anilines is 1. The maximum Gasteiger partial charge on any atom is 0.416 e. The van der Waals surface area contributed by atoms with Crippen molar-refractivity contribution in [2.24, 2.45) is 5.10 Å². The van der Waals surface area contributed by atoms with Crippen molar-refractivity contribution in [2.75, 3.05) is 19.0 Å². The van der Waals surface area contributed by atoms with Crippen molar-refractivity contribution in [1.29, 1.82) is 0 Å². The number of hydrogen-bond donors (Lipinski definition) is 2. The number of hydrogen-bond acceptors (Lipinski definition) is 6. The maximum absolute atomic E-state index is 12.7. The van der Waals surface area contributed by atoms with E-state index >= 15 is 0 Å². The molecule has 0 aromatic heterocycles. The summed E-state index contributed by atoms with van der Waals surface area (Å²) in [5.74, 6) is -1.74. The third-order valence-electron chi connectivity index (χ3n) is 3.64. The highest BCUT2D eigenvalue weighted by molar-refractivity contribution is 6.03. The summed E-state index contributed by atoms with van der Waals surface area (Å²) in [5.41, 5.74) is 1.67. The van der Waals surface area contributed by atoms with Gasteiger partial charge in [0.05, 0.1) is 18.9 Å². The number of halogens is 3. The van der Waals surface area contributed by atoms with Gasteiger partial charge in [-0.3, -0.25) is 9.59 Å². The van der Waals surface area contributed by atoms with Crippen molar-refractivity contribution in [3.05, 3.63) is 59.7 Å². The first kappa shape index (κ1) is 23.4. The molecule has 0 aliphatic rings. The number of amides is 2. The first-order chi connectivity index (χ1) is 14.7. The van der Waals surface area contributed by atoms with Crippen LogP contribution in [0.25, 0.3) is 0 Å². The van der Waals surface area contributed by atoms with E-state index in [4.69, 9.17) is 4.74 Å². The van der Waals surface area contributed by atoms with Crippen LogP contribution >= 0.6 is 0 Å². The van der Waals surface area contributed by atoms with Crippen LogP contribution in [0.3, 0.4) is 0 Å². The van der Waals surface area contributed by atoms with Crippen molar-refractivity contribution < 1.29 is 37.0 Å². The summed E-state index contributed by atoms with van der Waals surface area (Å²) in [6.07, 6.45) is -3.90. The molecule has 2 aromatic carbocycles. The third-order valence-corrected chi connectivity index (χ3v) is 3.64. The van der Waals surface area contributed by atoms with E-state index in [1.54, 1.807) is 24.3 Å². The molecule has 0 radical (unpaired) electrons. The third kappa shape index (κ3) is 8.17. The van der Waals surface area contributed by atoms with E-state index in [1.165, 1.54) is 19.4 Å². The van der Waals surface area contributed by atoms with Gasteiger partial charge in [0.2, 0.25) is 11.8 Å². The first-order valence-electron chi connectivity index (χ1n) is 8.76. The number of carbonyl (C=O) groups excluding carboxylic acids is 3. The lowest BCUT2D eigenvalue weighted by Gasteiger charge is -2.09. The van der Waals surface area contributed by atoms with E-state index in [0.29, 0.717) is 11.3 Å². The van der Waals surface area contributed by atoms with Crippen LogP contribution in [0.5, 0.6) is 5.75 Å². The average molecular weight is 437 g/mol. The minimum Gasteiger partial charge on any atom is -0.482 e. The molecule has 0 spiro atoms. The summed E-state index contributed by atoms with van der Waals surface area (Å²) in [6.45, 7) is -0.269. The minimum atomic E-state index is -4.55. The Bertz CT molecular complexity index is 977. The highest BCUT2D eigenvalue weighted by Gasteiger charge is 2.30. The van der Waals surface area contributed by atoms with E-state index in [2.05, 4.69) is 20.6 Å². The smallest absolute Gasteiger partial charge is 0.416 e. The number of esters is 1. The molecule has 0 saturated heterocycles. The molecule has 0 aliphatic carbocycles. The fourth-order valence-electron chi connectivity index (χ4n) is 2.23. The van der Waals surface area contributed by atoms with Crippen LogP contribution in [0.15, 0.2) is 53.6 Å². The Kier molecular flexibility index (Phi) is 8.12. The average Bonchev–Trinajstić information content (AvgIpc) is 2.71. The Morgan fingerprint density at radius 2 is 1.81 bits per heavy atom. The molecular formula is C20H18F3N3O5. The normalized spacial score (nSPS) is 11.1. The Labute approximate surface area is 175 Å². The SMILES string of the molecule is COC(=O)COc1cccc(C=NNC(=O)CC(=O)Nc2cccc(C(F)(F)F)c2)c1. The first-order valence-corrected chi connectivity index (χ1v) is 8.76. The Morgan fingerprint density at radius 1 is 1.06 bits per heavy atom. The molecule has 0 fully saturated rings. The molecule has 2 aromatic rings. The van der Waals surface area contributed by atoms with Crippen LogP contribution in [-0.2, 0) is 25.3 Å². The number of ether oxygens (including phenoxy) is 2. The number of carbonyl (C=O) groups is 3. The fraction of sp³-hybridized carbons (Fsp3) is 0.200. The Hall–Kier alpha value is -3.89. The summed E-state index contributed by atoms with van der Waals surface area (Å²) in [4.78, 5) is 34.7. The van der Waals surface area contributed by atoms with E-state index in [1.807, 2.05) is 0 Å². The molecule has 2 N–H and O–H groups in total. The van der Waals surface area contributed by atoms with Gasteiger partial charge in [0.25, 0.3) is 0 Å². The highest BCUT2D eigenvalue weighted by Crippen LogP contribution is 2.30. The lowest BCUT2D eigenvalue weighted by molar-refractivity contribution is -0.143. The summed E-state index contributed by atoms with van der Waals surface area (Å²) in [6, 6.07) is 10.5. The molecule has 0 saturated carbocycles.